The molecule has 1 fully saturated rings. The van der Waals surface area contributed by atoms with Crippen LogP contribution >= 0.6 is 11.6 Å². The molecule has 0 spiro atoms. The Balaban J connectivity index is 2.38. The molecule has 0 aromatic heterocycles. The fourth-order valence-corrected chi connectivity index (χ4v) is 2.38. The van der Waals surface area contributed by atoms with Gasteiger partial charge in [0.05, 0.1) is 18.8 Å². The zero-order valence-electron chi connectivity index (χ0n) is 11.5. The summed E-state index contributed by atoms with van der Waals surface area (Å²) in [5, 5.41) is 0.795. The van der Waals surface area contributed by atoms with Crippen molar-refractivity contribution in [2.45, 2.75) is 0 Å². The summed E-state index contributed by atoms with van der Waals surface area (Å²) in [6.45, 7) is 3.16. The highest BCUT2D eigenvalue weighted by Crippen LogP contribution is 2.23. The van der Waals surface area contributed by atoms with Crippen molar-refractivity contribution < 1.29 is 9.31 Å². The van der Waals surface area contributed by atoms with E-state index in [2.05, 4.69) is 23.2 Å². The Morgan fingerprint density at radius 2 is 1.84 bits per heavy atom. The molecule has 1 aromatic carbocycles. The Kier molecular flexibility index (Phi) is 5.00. The summed E-state index contributed by atoms with van der Waals surface area (Å²) in [4.78, 5) is 2.17. The van der Waals surface area contributed by atoms with Crippen molar-refractivity contribution >= 4 is 23.4 Å². The lowest BCUT2D eigenvalue weighted by Crippen LogP contribution is -2.34. The number of rotatable bonds is 3. The van der Waals surface area contributed by atoms with E-state index in [9.17, 15) is 0 Å². The van der Waals surface area contributed by atoms with Gasteiger partial charge in [-0.05, 0) is 5.56 Å². The number of ether oxygens (including phenoxy) is 1. The number of morpholine rings is 1. The first-order valence-corrected chi connectivity index (χ1v) is 6.85. The van der Waals surface area contributed by atoms with E-state index in [-0.39, 0.29) is 0 Å². The second-order valence-electron chi connectivity index (χ2n) is 4.76. The molecule has 3 nitrogen and oxygen atoms in total. The summed E-state index contributed by atoms with van der Waals surface area (Å²) in [6, 6.07) is 10.2. The molecule has 4 heteroatoms. The molecule has 0 N–H and O–H groups in total. The van der Waals surface area contributed by atoms with E-state index < -0.39 is 0 Å². The summed E-state index contributed by atoms with van der Waals surface area (Å²) >= 11 is 6.60. The van der Waals surface area contributed by atoms with Crippen LogP contribution in [0.1, 0.15) is 5.56 Å². The highest BCUT2D eigenvalue weighted by atomic mass is 35.5. The maximum Gasteiger partial charge on any atom is 0.173 e. The van der Waals surface area contributed by atoms with Crippen molar-refractivity contribution in [3.8, 4) is 0 Å². The molecule has 0 bridgehead atoms. The lowest BCUT2D eigenvalue weighted by Gasteiger charge is -2.28. The Morgan fingerprint density at radius 1 is 1.21 bits per heavy atom. The third-order valence-electron chi connectivity index (χ3n) is 2.98. The van der Waals surface area contributed by atoms with Gasteiger partial charge in [0, 0.05) is 13.1 Å². The van der Waals surface area contributed by atoms with Gasteiger partial charge in [-0.3, -0.25) is 0 Å². The van der Waals surface area contributed by atoms with Crippen molar-refractivity contribution in [1.29, 1.82) is 0 Å². The Labute approximate surface area is 119 Å². The largest absolute Gasteiger partial charge is 0.378 e. The summed E-state index contributed by atoms with van der Waals surface area (Å²) in [5.74, 6) is 0. The maximum atomic E-state index is 6.60. The van der Waals surface area contributed by atoms with Crippen molar-refractivity contribution in [2.75, 3.05) is 40.4 Å². The molecule has 102 valence electrons. The number of benzene rings is 1. The van der Waals surface area contributed by atoms with Gasteiger partial charge in [0.2, 0.25) is 0 Å². The number of hydrogen-bond donors (Lipinski definition) is 0. The highest BCUT2D eigenvalue weighted by molar-refractivity contribution is 6.36. The van der Waals surface area contributed by atoms with Gasteiger partial charge in [-0.2, -0.15) is 0 Å². The van der Waals surface area contributed by atoms with Crippen LogP contribution in [0.2, 0.25) is 0 Å². The summed E-state index contributed by atoms with van der Waals surface area (Å²) in [7, 11) is 4.01. The van der Waals surface area contributed by atoms with Crippen LogP contribution in [-0.4, -0.2) is 56.1 Å². The normalized spacial score (nSPS) is 16.9. The van der Waals surface area contributed by atoms with Crippen LogP contribution in [0.4, 0.5) is 0 Å². The number of allylic oxidation sites excluding steroid dienone is 1. The third-order valence-corrected chi connectivity index (χ3v) is 3.43. The first-order chi connectivity index (χ1) is 9.18. The molecule has 0 radical (unpaired) electrons. The molecule has 0 aliphatic carbocycles. The van der Waals surface area contributed by atoms with Crippen LogP contribution in [0.25, 0.3) is 5.57 Å². The van der Waals surface area contributed by atoms with Gasteiger partial charge in [-0.1, -0.05) is 41.9 Å². The number of hydrogen-bond acceptors (Lipinski definition) is 2. The molecule has 1 heterocycles. The van der Waals surface area contributed by atoms with Gasteiger partial charge < -0.3 is 9.64 Å². The van der Waals surface area contributed by atoms with E-state index in [0.29, 0.717) is 0 Å². The minimum Gasteiger partial charge on any atom is -0.378 e. The summed E-state index contributed by atoms with van der Waals surface area (Å²) < 4.78 is 7.39. The molecule has 1 aliphatic heterocycles. The molecular formula is C15H20ClN2O+. The summed E-state index contributed by atoms with van der Waals surface area (Å²) in [5.41, 5.74) is 2.18. The molecule has 0 amide bonds. The van der Waals surface area contributed by atoms with Gasteiger partial charge in [0.25, 0.3) is 0 Å². The average molecular weight is 280 g/mol. The molecule has 2 rings (SSSR count). The van der Waals surface area contributed by atoms with Gasteiger partial charge in [-0.15, -0.1) is 0 Å². The van der Waals surface area contributed by atoms with Crippen LogP contribution in [0, 0.1) is 0 Å². The van der Waals surface area contributed by atoms with Crippen LogP contribution in [0.3, 0.4) is 0 Å². The van der Waals surface area contributed by atoms with Crippen LogP contribution in [-0.2, 0) is 4.74 Å². The maximum absolute atomic E-state index is 6.60. The van der Waals surface area contributed by atoms with Gasteiger partial charge in [0.1, 0.15) is 19.3 Å². The lowest BCUT2D eigenvalue weighted by molar-refractivity contribution is -0.458. The van der Waals surface area contributed by atoms with Crippen LogP contribution in [0.15, 0.2) is 35.5 Å². The zero-order valence-corrected chi connectivity index (χ0v) is 12.2. The van der Waals surface area contributed by atoms with E-state index in [1.54, 1.807) is 0 Å². The quantitative estimate of drug-likeness (QED) is 0.479. The topological polar surface area (TPSA) is 15.5 Å². The summed E-state index contributed by atoms with van der Waals surface area (Å²) in [6.07, 6.45) is 2.06. The lowest BCUT2D eigenvalue weighted by atomic mass is 10.1. The Hall–Kier alpha value is -1.32. The molecule has 19 heavy (non-hydrogen) atoms. The predicted molar refractivity (Wildman–Crippen MR) is 79.8 cm³/mol. The number of nitrogens with zero attached hydrogens (tertiary/aromatic N) is 2. The Bertz CT molecular complexity index is 472. The minimum atomic E-state index is 0.736. The molecule has 1 saturated heterocycles. The standard InChI is InChI=1S/C15H20ClN2O/c1-17(2)12-14(13-6-4-3-5-7-13)15(16)18-8-10-19-11-9-18/h3-7,12H,8-11H2,1-2H3/q+1. The Morgan fingerprint density at radius 3 is 2.42 bits per heavy atom. The second-order valence-corrected chi connectivity index (χ2v) is 5.12. The molecule has 1 aliphatic rings. The smallest absolute Gasteiger partial charge is 0.173 e. The van der Waals surface area contributed by atoms with Crippen molar-refractivity contribution in [1.82, 2.24) is 4.90 Å². The minimum absolute atomic E-state index is 0.736. The van der Waals surface area contributed by atoms with Crippen molar-refractivity contribution in [3.63, 3.8) is 0 Å². The molecule has 0 saturated carbocycles. The fraction of sp³-hybridized carbons (Fsp3) is 0.400. The molecule has 0 unspecified atom stereocenters. The average Bonchev–Trinajstić information content (AvgIpc) is 2.46. The van der Waals surface area contributed by atoms with Gasteiger partial charge >= 0.3 is 0 Å². The van der Waals surface area contributed by atoms with E-state index >= 15 is 0 Å². The van der Waals surface area contributed by atoms with E-state index in [1.165, 1.54) is 0 Å². The zero-order chi connectivity index (χ0) is 13.7. The number of halogens is 1. The molecule has 0 atom stereocenters. The van der Waals surface area contributed by atoms with E-state index in [0.717, 1.165) is 42.6 Å². The first-order valence-electron chi connectivity index (χ1n) is 6.47. The molecular weight excluding hydrogens is 260 g/mol. The van der Waals surface area contributed by atoms with Crippen molar-refractivity contribution in [3.05, 3.63) is 41.1 Å². The second kappa shape index (κ2) is 6.73. The van der Waals surface area contributed by atoms with Crippen LogP contribution in [0.5, 0.6) is 0 Å². The van der Waals surface area contributed by atoms with E-state index in [4.69, 9.17) is 16.3 Å². The van der Waals surface area contributed by atoms with Gasteiger partial charge in [0.15, 0.2) is 6.21 Å². The SMILES string of the molecule is C[N+](C)=C/C(=C(/Cl)N1CCOCC1)c1ccccc1. The van der Waals surface area contributed by atoms with Crippen molar-refractivity contribution in [2.24, 2.45) is 0 Å². The highest BCUT2D eigenvalue weighted by Gasteiger charge is 2.17. The third kappa shape index (κ3) is 3.82. The first kappa shape index (κ1) is 14.1. The predicted octanol–water partition coefficient (Wildman–Crippen LogP) is 2.27. The van der Waals surface area contributed by atoms with E-state index in [1.807, 2.05) is 36.9 Å². The fourth-order valence-electron chi connectivity index (χ4n) is 2.05. The molecule has 1 aromatic rings. The van der Waals surface area contributed by atoms with Gasteiger partial charge in [-0.25, -0.2) is 4.58 Å². The van der Waals surface area contributed by atoms with Crippen LogP contribution < -0.4 is 0 Å². The monoisotopic (exact) mass is 279 g/mol.